The number of ketones is 1. The van der Waals surface area contributed by atoms with Crippen LogP contribution in [-0.4, -0.2) is 18.0 Å². The van der Waals surface area contributed by atoms with E-state index in [4.69, 9.17) is 4.74 Å². The fraction of sp³-hybridized carbons (Fsp3) is 0.208. The lowest BCUT2D eigenvalue weighted by Gasteiger charge is -2.40. The molecule has 0 spiro atoms. The first kappa shape index (κ1) is 15.5. The molecule has 3 atom stereocenters. The highest BCUT2D eigenvalue weighted by Gasteiger charge is 2.53. The second-order valence-corrected chi connectivity index (χ2v) is 7.43. The Balaban J connectivity index is 1.78. The van der Waals surface area contributed by atoms with E-state index < -0.39 is 5.60 Å². The molecule has 2 nitrogen and oxygen atoms in total. The largest absolute Gasteiger partial charge is 0.366 e. The Kier molecular flexibility index (Phi) is 3.38. The molecule has 2 aromatic carbocycles. The van der Waals surface area contributed by atoms with E-state index in [2.05, 4.69) is 49.4 Å². The Morgan fingerprint density at radius 1 is 0.962 bits per heavy atom. The van der Waals surface area contributed by atoms with Crippen LogP contribution in [0.3, 0.4) is 0 Å². The smallest absolute Gasteiger partial charge is 0.163 e. The molecule has 1 aliphatic heterocycles. The van der Waals surface area contributed by atoms with Crippen molar-refractivity contribution in [2.24, 2.45) is 11.8 Å². The number of hydrogen-bond donors (Lipinski definition) is 0. The predicted octanol–water partition coefficient (Wildman–Crippen LogP) is 4.70. The van der Waals surface area contributed by atoms with Crippen LogP contribution in [0, 0.1) is 11.8 Å². The fourth-order valence-electron chi connectivity index (χ4n) is 4.65. The van der Waals surface area contributed by atoms with Gasteiger partial charge in [0, 0.05) is 5.92 Å². The minimum Gasteiger partial charge on any atom is -0.366 e. The fourth-order valence-corrected chi connectivity index (χ4v) is 4.65. The highest BCUT2D eigenvalue weighted by molar-refractivity contribution is 6.06. The van der Waals surface area contributed by atoms with E-state index in [0.29, 0.717) is 6.61 Å². The zero-order valence-electron chi connectivity index (χ0n) is 14.7. The van der Waals surface area contributed by atoms with Crippen LogP contribution in [0.5, 0.6) is 0 Å². The second-order valence-electron chi connectivity index (χ2n) is 7.43. The first-order valence-corrected chi connectivity index (χ1v) is 9.10. The van der Waals surface area contributed by atoms with Gasteiger partial charge >= 0.3 is 0 Å². The molecule has 26 heavy (non-hydrogen) atoms. The quantitative estimate of drug-likeness (QED) is 0.792. The molecule has 0 bridgehead atoms. The zero-order valence-corrected chi connectivity index (χ0v) is 14.7. The summed E-state index contributed by atoms with van der Waals surface area (Å²) in [5, 5.41) is 0. The molecule has 0 unspecified atom stereocenters. The summed E-state index contributed by atoms with van der Waals surface area (Å²) in [6, 6.07) is 20.7. The maximum absolute atomic E-state index is 12.9. The Labute approximate surface area is 153 Å². The van der Waals surface area contributed by atoms with Crippen LogP contribution in [0.4, 0.5) is 0 Å². The molecule has 5 rings (SSSR count). The molecule has 0 aromatic heterocycles. The van der Waals surface area contributed by atoms with E-state index in [1.54, 1.807) is 6.08 Å². The SMILES string of the molecule is C[C@@]12C=CC(=O)[C@H]3C(c4ccccc4)=CC(c4ccccc4)=C(CO1)[C@H]32. The molecule has 128 valence electrons. The predicted molar refractivity (Wildman–Crippen MR) is 103 cm³/mol. The normalized spacial score (nSPS) is 29.6. The van der Waals surface area contributed by atoms with E-state index in [9.17, 15) is 4.79 Å². The molecule has 1 saturated heterocycles. The molecular formula is C24H20O2. The standard InChI is InChI=1S/C24H20O2/c1-24-13-12-21(25)22-19(17-10-6-3-7-11-17)14-18(16-8-4-2-5-9-16)20(15-26-24)23(22)24/h2-14,22-23H,15H2,1H3/t22-,23-,24+/m1/s1. The molecule has 2 aromatic rings. The first-order chi connectivity index (χ1) is 12.7. The summed E-state index contributed by atoms with van der Waals surface area (Å²) in [6.45, 7) is 2.69. The number of rotatable bonds is 2. The van der Waals surface area contributed by atoms with Crippen molar-refractivity contribution in [2.45, 2.75) is 12.5 Å². The molecule has 3 aliphatic rings. The summed E-state index contributed by atoms with van der Waals surface area (Å²) < 4.78 is 6.21. The van der Waals surface area contributed by atoms with E-state index >= 15 is 0 Å². The van der Waals surface area contributed by atoms with Gasteiger partial charge in [-0.05, 0) is 53.0 Å². The van der Waals surface area contributed by atoms with Gasteiger partial charge < -0.3 is 4.74 Å². The van der Waals surface area contributed by atoms with Gasteiger partial charge in [0.25, 0.3) is 0 Å². The van der Waals surface area contributed by atoms with Crippen molar-refractivity contribution < 1.29 is 9.53 Å². The highest BCUT2D eigenvalue weighted by Crippen LogP contribution is 2.54. The van der Waals surface area contributed by atoms with Crippen molar-refractivity contribution in [3.63, 3.8) is 0 Å². The van der Waals surface area contributed by atoms with Crippen LogP contribution in [0.15, 0.2) is 84.5 Å². The third-order valence-electron chi connectivity index (χ3n) is 5.92. The number of ether oxygens (including phenoxy) is 1. The number of hydrogen-bond acceptors (Lipinski definition) is 2. The summed E-state index contributed by atoms with van der Waals surface area (Å²) in [6.07, 6.45) is 5.89. The van der Waals surface area contributed by atoms with Gasteiger partial charge in [-0.2, -0.15) is 0 Å². The maximum Gasteiger partial charge on any atom is 0.163 e. The number of allylic oxidation sites excluding steroid dienone is 4. The second kappa shape index (κ2) is 5.65. The monoisotopic (exact) mass is 340 g/mol. The highest BCUT2D eigenvalue weighted by atomic mass is 16.5. The summed E-state index contributed by atoms with van der Waals surface area (Å²) in [7, 11) is 0. The van der Waals surface area contributed by atoms with Crippen molar-refractivity contribution in [1.29, 1.82) is 0 Å². The molecule has 0 radical (unpaired) electrons. The average molecular weight is 340 g/mol. The zero-order chi connectivity index (χ0) is 17.7. The molecule has 2 aliphatic carbocycles. The summed E-state index contributed by atoms with van der Waals surface area (Å²) in [4.78, 5) is 12.9. The lowest BCUT2D eigenvalue weighted by Crippen LogP contribution is -2.43. The summed E-state index contributed by atoms with van der Waals surface area (Å²) >= 11 is 0. The van der Waals surface area contributed by atoms with Crippen LogP contribution in [0.1, 0.15) is 18.1 Å². The Hall–Kier alpha value is -2.71. The van der Waals surface area contributed by atoms with Crippen LogP contribution in [0.2, 0.25) is 0 Å². The topological polar surface area (TPSA) is 26.3 Å². The summed E-state index contributed by atoms with van der Waals surface area (Å²) in [5.74, 6) is 0.0745. The summed E-state index contributed by atoms with van der Waals surface area (Å²) in [5.41, 5.74) is 5.44. The Morgan fingerprint density at radius 2 is 1.62 bits per heavy atom. The molecule has 1 fully saturated rings. The van der Waals surface area contributed by atoms with E-state index in [-0.39, 0.29) is 17.6 Å². The lowest BCUT2D eigenvalue weighted by molar-refractivity contribution is -0.120. The van der Waals surface area contributed by atoms with Gasteiger partial charge in [-0.25, -0.2) is 0 Å². The van der Waals surface area contributed by atoms with Gasteiger partial charge in [0.2, 0.25) is 0 Å². The van der Waals surface area contributed by atoms with E-state index in [0.717, 1.165) is 11.1 Å². The Bertz CT molecular complexity index is 966. The van der Waals surface area contributed by atoms with Crippen LogP contribution >= 0.6 is 0 Å². The molecule has 0 amide bonds. The van der Waals surface area contributed by atoms with Gasteiger partial charge in [-0.15, -0.1) is 0 Å². The Morgan fingerprint density at radius 3 is 2.31 bits per heavy atom. The van der Waals surface area contributed by atoms with Crippen molar-refractivity contribution in [3.05, 3.63) is 95.6 Å². The van der Waals surface area contributed by atoms with Crippen LogP contribution < -0.4 is 0 Å². The lowest BCUT2D eigenvalue weighted by atomic mass is 9.63. The van der Waals surface area contributed by atoms with Crippen LogP contribution in [0.25, 0.3) is 11.1 Å². The molecule has 0 saturated carbocycles. The molecule has 1 heterocycles. The number of carbonyl (C=O) groups is 1. The third kappa shape index (κ3) is 2.19. The number of carbonyl (C=O) groups excluding carboxylic acids is 1. The van der Waals surface area contributed by atoms with E-state index in [1.807, 2.05) is 30.3 Å². The van der Waals surface area contributed by atoms with Crippen molar-refractivity contribution >= 4 is 16.9 Å². The average Bonchev–Trinajstić information content (AvgIpc) is 3.05. The molecule has 2 heteroatoms. The van der Waals surface area contributed by atoms with Gasteiger partial charge in [0.05, 0.1) is 18.1 Å². The van der Waals surface area contributed by atoms with Gasteiger partial charge in [-0.3, -0.25) is 4.79 Å². The van der Waals surface area contributed by atoms with Crippen molar-refractivity contribution in [2.75, 3.05) is 6.61 Å². The maximum atomic E-state index is 12.9. The minimum atomic E-state index is -0.414. The van der Waals surface area contributed by atoms with Crippen molar-refractivity contribution in [3.8, 4) is 0 Å². The van der Waals surface area contributed by atoms with Gasteiger partial charge in [-0.1, -0.05) is 60.7 Å². The first-order valence-electron chi connectivity index (χ1n) is 9.10. The van der Waals surface area contributed by atoms with E-state index in [1.165, 1.54) is 16.7 Å². The van der Waals surface area contributed by atoms with Crippen molar-refractivity contribution in [1.82, 2.24) is 0 Å². The molecular weight excluding hydrogens is 320 g/mol. The third-order valence-corrected chi connectivity index (χ3v) is 5.92. The molecule has 0 N–H and O–H groups in total. The van der Waals surface area contributed by atoms with Crippen LogP contribution in [-0.2, 0) is 9.53 Å². The number of benzene rings is 2. The minimum absolute atomic E-state index is 0.0652. The van der Waals surface area contributed by atoms with Gasteiger partial charge in [0.15, 0.2) is 5.78 Å². The van der Waals surface area contributed by atoms with Gasteiger partial charge in [0.1, 0.15) is 0 Å².